The Hall–Kier alpha value is -1.10. The molecule has 5 nitrogen and oxygen atoms in total. The van der Waals surface area contributed by atoms with Crippen molar-refractivity contribution in [2.75, 3.05) is 6.54 Å². The first kappa shape index (κ1) is 17.0. The highest BCUT2D eigenvalue weighted by molar-refractivity contribution is 5.86. The maximum absolute atomic E-state index is 12.2. The van der Waals surface area contributed by atoms with Gasteiger partial charge in [-0.2, -0.15) is 0 Å². The average molecular weight is 283 g/mol. The van der Waals surface area contributed by atoms with Gasteiger partial charge in [-0.05, 0) is 45.4 Å². The molecule has 4 atom stereocenters. The molecule has 5 heteroatoms. The Bertz CT molecular complexity index is 363. The Labute approximate surface area is 122 Å². The zero-order valence-corrected chi connectivity index (χ0v) is 13.3. The molecule has 1 saturated carbocycles. The molecule has 1 aliphatic rings. The van der Waals surface area contributed by atoms with E-state index in [4.69, 9.17) is 5.73 Å². The van der Waals surface area contributed by atoms with E-state index in [2.05, 4.69) is 24.5 Å². The topological polar surface area (TPSA) is 84.2 Å². The van der Waals surface area contributed by atoms with Gasteiger partial charge < -0.3 is 16.4 Å². The number of nitrogens with two attached hydrogens (primary N) is 1. The van der Waals surface area contributed by atoms with E-state index >= 15 is 0 Å². The highest BCUT2D eigenvalue weighted by atomic mass is 16.2. The van der Waals surface area contributed by atoms with Crippen LogP contribution in [0.2, 0.25) is 0 Å². The van der Waals surface area contributed by atoms with Gasteiger partial charge in [-0.3, -0.25) is 9.59 Å². The minimum absolute atomic E-state index is 0.0319. The maximum atomic E-state index is 12.2. The van der Waals surface area contributed by atoms with Crippen molar-refractivity contribution in [1.29, 1.82) is 0 Å². The van der Waals surface area contributed by atoms with Gasteiger partial charge in [-0.15, -0.1) is 0 Å². The third-order valence-corrected chi connectivity index (χ3v) is 3.96. The lowest BCUT2D eigenvalue weighted by Crippen LogP contribution is -2.49. The fourth-order valence-electron chi connectivity index (χ4n) is 2.81. The highest BCUT2D eigenvalue weighted by Crippen LogP contribution is 2.32. The number of rotatable bonds is 3. The van der Waals surface area contributed by atoms with Crippen molar-refractivity contribution < 1.29 is 9.59 Å². The molecule has 0 aliphatic heterocycles. The zero-order valence-electron chi connectivity index (χ0n) is 13.3. The lowest BCUT2D eigenvalue weighted by atomic mass is 9.72. The Kier molecular flexibility index (Phi) is 5.57. The summed E-state index contributed by atoms with van der Waals surface area (Å²) in [6.07, 6.45) is 1.67. The largest absolute Gasteiger partial charge is 0.350 e. The van der Waals surface area contributed by atoms with Crippen LogP contribution in [0.4, 0.5) is 0 Å². The molecule has 4 N–H and O–H groups in total. The molecule has 0 radical (unpaired) electrons. The van der Waals surface area contributed by atoms with Crippen molar-refractivity contribution in [3.8, 4) is 0 Å². The van der Waals surface area contributed by atoms with E-state index in [-0.39, 0.29) is 35.9 Å². The fraction of sp³-hybridized carbons (Fsp3) is 0.867. The van der Waals surface area contributed by atoms with Crippen LogP contribution in [-0.2, 0) is 9.59 Å². The molecule has 116 valence electrons. The number of carbonyl (C=O) groups is 2. The smallest absolute Gasteiger partial charge is 0.239 e. The summed E-state index contributed by atoms with van der Waals surface area (Å²) < 4.78 is 0. The molecule has 0 saturated heterocycles. The summed E-state index contributed by atoms with van der Waals surface area (Å²) in [6.45, 7) is 9.99. The molecule has 1 aliphatic carbocycles. The van der Waals surface area contributed by atoms with E-state index < -0.39 is 0 Å². The second kappa shape index (κ2) is 6.57. The van der Waals surface area contributed by atoms with Crippen LogP contribution in [0.5, 0.6) is 0 Å². The lowest BCUT2D eigenvalue weighted by molar-refractivity contribution is -0.131. The monoisotopic (exact) mass is 283 g/mol. The van der Waals surface area contributed by atoms with Crippen LogP contribution in [0.15, 0.2) is 0 Å². The first-order chi connectivity index (χ1) is 9.10. The molecule has 1 rings (SSSR count). The standard InChI is InChI=1S/C15H29N3O2/c1-9-6-10(2)12(16)7-11(9)14(20)17-8-13(19)18-15(3,4)5/h9-12H,6-8,16H2,1-5H3,(H,17,20)(H,18,19). The van der Waals surface area contributed by atoms with Gasteiger partial charge in [0.1, 0.15) is 0 Å². The summed E-state index contributed by atoms with van der Waals surface area (Å²) in [5.41, 5.74) is 5.77. The van der Waals surface area contributed by atoms with Crippen molar-refractivity contribution in [3.05, 3.63) is 0 Å². The molecule has 4 unspecified atom stereocenters. The molecule has 20 heavy (non-hydrogen) atoms. The van der Waals surface area contributed by atoms with Crippen molar-refractivity contribution in [1.82, 2.24) is 10.6 Å². The Morgan fingerprint density at radius 2 is 1.75 bits per heavy atom. The van der Waals surface area contributed by atoms with E-state index in [0.717, 1.165) is 6.42 Å². The second-order valence-electron chi connectivity index (χ2n) is 7.21. The Morgan fingerprint density at radius 1 is 1.15 bits per heavy atom. The third-order valence-electron chi connectivity index (χ3n) is 3.96. The number of nitrogens with one attached hydrogen (secondary N) is 2. The van der Waals surface area contributed by atoms with Crippen molar-refractivity contribution in [2.45, 2.75) is 59.0 Å². The molecular formula is C15H29N3O2. The Balaban J connectivity index is 2.45. The molecule has 0 spiro atoms. The van der Waals surface area contributed by atoms with Crippen molar-refractivity contribution in [3.63, 3.8) is 0 Å². The van der Waals surface area contributed by atoms with E-state index in [0.29, 0.717) is 18.3 Å². The van der Waals surface area contributed by atoms with E-state index in [1.165, 1.54) is 0 Å². The van der Waals surface area contributed by atoms with Crippen molar-refractivity contribution in [2.24, 2.45) is 23.5 Å². The second-order valence-corrected chi connectivity index (χ2v) is 7.21. The van der Waals surface area contributed by atoms with Gasteiger partial charge in [0.2, 0.25) is 11.8 Å². The van der Waals surface area contributed by atoms with E-state index in [1.807, 2.05) is 20.8 Å². The number of hydrogen-bond acceptors (Lipinski definition) is 3. The van der Waals surface area contributed by atoms with Gasteiger partial charge in [-0.25, -0.2) is 0 Å². The summed E-state index contributed by atoms with van der Waals surface area (Å²) in [5, 5.41) is 5.56. The van der Waals surface area contributed by atoms with Crippen LogP contribution in [0.1, 0.15) is 47.5 Å². The average Bonchev–Trinajstić information content (AvgIpc) is 2.28. The van der Waals surface area contributed by atoms with Crippen LogP contribution in [-0.4, -0.2) is 29.9 Å². The predicted octanol–water partition coefficient (Wildman–Crippen LogP) is 1.03. The molecule has 1 fully saturated rings. The van der Waals surface area contributed by atoms with Gasteiger partial charge in [0.25, 0.3) is 0 Å². The quantitative estimate of drug-likeness (QED) is 0.723. The number of carbonyl (C=O) groups excluding carboxylic acids is 2. The number of amides is 2. The Morgan fingerprint density at radius 3 is 2.30 bits per heavy atom. The van der Waals surface area contributed by atoms with Crippen LogP contribution in [0.25, 0.3) is 0 Å². The molecule has 0 aromatic heterocycles. The van der Waals surface area contributed by atoms with Gasteiger partial charge in [0, 0.05) is 17.5 Å². The maximum Gasteiger partial charge on any atom is 0.239 e. The van der Waals surface area contributed by atoms with Crippen LogP contribution >= 0.6 is 0 Å². The van der Waals surface area contributed by atoms with Gasteiger partial charge in [0.05, 0.1) is 6.54 Å². The zero-order chi connectivity index (χ0) is 15.5. The van der Waals surface area contributed by atoms with E-state index in [1.54, 1.807) is 0 Å². The van der Waals surface area contributed by atoms with Gasteiger partial charge in [-0.1, -0.05) is 13.8 Å². The minimum Gasteiger partial charge on any atom is -0.350 e. The normalized spacial score (nSPS) is 30.7. The summed E-state index contributed by atoms with van der Waals surface area (Å²) >= 11 is 0. The molecule has 2 amide bonds. The van der Waals surface area contributed by atoms with Crippen LogP contribution in [0, 0.1) is 17.8 Å². The fourth-order valence-corrected chi connectivity index (χ4v) is 2.81. The summed E-state index contributed by atoms with van der Waals surface area (Å²) in [7, 11) is 0. The van der Waals surface area contributed by atoms with Gasteiger partial charge >= 0.3 is 0 Å². The molecule has 0 bridgehead atoms. The first-order valence-corrected chi connectivity index (χ1v) is 7.44. The SMILES string of the molecule is CC1CC(C)C(C(=O)NCC(=O)NC(C)(C)C)CC1N. The van der Waals surface area contributed by atoms with Crippen molar-refractivity contribution >= 4 is 11.8 Å². The van der Waals surface area contributed by atoms with Crippen LogP contribution < -0.4 is 16.4 Å². The minimum atomic E-state index is -0.280. The highest BCUT2D eigenvalue weighted by Gasteiger charge is 2.35. The van der Waals surface area contributed by atoms with E-state index in [9.17, 15) is 9.59 Å². The molecular weight excluding hydrogens is 254 g/mol. The third kappa shape index (κ3) is 5.12. The molecule has 0 aromatic carbocycles. The van der Waals surface area contributed by atoms with Gasteiger partial charge in [0.15, 0.2) is 0 Å². The molecule has 0 aromatic rings. The predicted molar refractivity (Wildman–Crippen MR) is 79.9 cm³/mol. The molecule has 0 heterocycles. The lowest BCUT2D eigenvalue weighted by Gasteiger charge is -2.36. The first-order valence-electron chi connectivity index (χ1n) is 7.44. The summed E-state index contributed by atoms with van der Waals surface area (Å²) in [6, 6.07) is 0.0744. The summed E-state index contributed by atoms with van der Waals surface area (Å²) in [5.74, 6) is 0.480. The summed E-state index contributed by atoms with van der Waals surface area (Å²) in [4.78, 5) is 23.9. The van der Waals surface area contributed by atoms with Crippen LogP contribution in [0.3, 0.4) is 0 Å². The number of hydrogen-bond donors (Lipinski definition) is 3.